The summed E-state index contributed by atoms with van der Waals surface area (Å²) in [6, 6.07) is 9.79. The number of halogens is 1. The Morgan fingerprint density at radius 1 is 1.33 bits per heavy atom. The van der Waals surface area contributed by atoms with E-state index in [2.05, 4.69) is 15.3 Å². The van der Waals surface area contributed by atoms with Gasteiger partial charge in [-0.05, 0) is 18.9 Å². The van der Waals surface area contributed by atoms with Gasteiger partial charge in [-0.2, -0.15) is 4.98 Å². The zero-order valence-electron chi connectivity index (χ0n) is 12.0. The molecule has 0 aliphatic carbocycles. The molecule has 0 amide bonds. The van der Waals surface area contributed by atoms with Crippen LogP contribution >= 0.6 is 11.6 Å². The zero-order chi connectivity index (χ0) is 15.3. The number of benzene rings is 1. The van der Waals surface area contributed by atoms with Crippen molar-refractivity contribution in [2.45, 2.75) is 18.9 Å². The molecule has 1 atom stereocenters. The fourth-order valence-electron chi connectivity index (χ4n) is 1.94. The number of anilines is 1. The minimum absolute atomic E-state index is 0.247. The van der Waals surface area contributed by atoms with Crippen LogP contribution in [0.4, 0.5) is 5.82 Å². The molecule has 2 rings (SSSR count). The molecular weight excluding hydrogens is 290 g/mol. The summed E-state index contributed by atoms with van der Waals surface area (Å²) in [4.78, 5) is 8.03. The quantitative estimate of drug-likeness (QED) is 0.859. The maximum Gasteiger partial charge on any atom is 0.318 e. The molecule has 2 aromatic rings. The molecule has 0 saturated heterocycles. The van der Waals surface area contributed by atoms with Gasteiger partial charge in [-0.15, -0.1) is 0 Å². The lowest BCUT2D eigenvalue weighted by molar-refractivity contribution is 0.0515. The molecule has 21 heavy (non-hydrogen) atoms. The van der Waals surface area contributed by atoms with E-state index in [0.717, 1.165) is 5.56 Å². The Morgan fingerprint density at radius 3 is 2.71 bits per heavy atom. The Morgan fingerprint density at radius 2 is 2.05 bits per heavy atom. The number of methoxy groups -OCH3 is 1. The second-order valence-corrected chi connectivity index (χ2v) is 5.28. The highest BCUT2D eigenvalue weighted by molar-refractivity contribution is 6.32. The van der Waals surface area contributed by atoms with Gasteiger partial charge in [0.15, 0.2) is 5.82 Å². The van der Waals surface area contributed by atoms with E-state index in [1.807, 2.05) is 30.3 Å². The molecule has 0 saturated carbocycles. The summed E-state index contributed by atoms with van der Waals surface area (Å²) in [6.07, 6.45) is 1.99. The van der Waals surface area contributed by atoms with Gasteiger partial charge in [-0.25, -0.2) is 4.98 Å². The Balaban J connectivity index is 1.98. The molecule has 112 valence electrons. The average molecular weight is 308 g/mol. The van der Waals surface area contributed by atoms with Crippen LogP contribution in [0.1, 0.15) is 18.9 Å². The molecule has 5 nitrogen and oxygen atoms in total. The maximum absolute atomic E-state index is 10.5. The summed E-state index contributed by atoms with van der Waals surface area (Å²) >= 11 is 6.01. The van der Waals surface area contributed by atoms with Crippen LogP contribution in [0.15, 0.2) is 36.5 Å². The third-order valence-corrected chi connectivity index (χ3v) is 3.48. The van der Waals surface area contributed by atoms with Crippen LogP contribution < -0.4 is 10.1 Å². The van der Waals surface area contributed by atoms with E-state index in [1.165, 1.54) is 13.3 Å². The highest BCUT2D eigenvalue weighted by atomic mass is 35.5. The predicted octanol–water partition coefficient (Wildman–Crippen LogP) is 2.85. The van der Waals surface area contributed by atoms with Gasteiger partial charge in [0.25, 0.3) is 0 Å². The fraction of sp³-hybridized carbons (Fsp3) is 0.333. The number of aromatic nitrogens is 2. The molecule has 0 spiro atoms. The van der Waals surface area contributed by atoms with Gasteiger partial charge < -0.3 is 15.2 Å². The van der Waals surface area contributed by atoms with Crippen LogP contribution in [0.3, 0.4) is 0 Å². The van der Waals surface area contributed by atoms with Crippen molar-refractivity contribution in [3.63, 3.8) is 0 Å². The number of nitrogens with one attached hydrogen (secondary N) is 1. The van der Waals surface area contributed by atoms with E-state index in [0.29, 0.717) is 23.8 Å². The van der Waals surface area contributed by atoms with E-state index in [1.54, 1.807) is 6.92 Å². The van der Waals surface area contributed by atoms with E-state index in [-0.39, 0.29) is 6.01 Å². The van der Waals surface area contributed by atoms with Crippen LogP contribution in [-0.2, 0) is 5.60 Å². The van der Waals surface area contributed by atoms with Gasteiger partial charge in [-0.3, -0.25) is 0 Å². The first-order chi connectivity index (χ1) is 10.0. The molecule has 1 heterocycles. The van der Waals surface area contributed by atoms with Crippen LogP contribution in [-0.4, -0.2) is 28.7 Å². The number of nitrogens with zero attached hydrogens (tertiary/aromatic N) is 2. The van der Waals surface area contributed by atoms with Crippen LogP contribution in [0.25, 0.3) is 0 Å². The lowest BCUT2D eigenvalue weighted by Crippen LogP contribution is -2.24. The van der Waals surface area contributed by atoms with Crippen molar-refractivity contribution in [3.05, 3.63) is 47.1 Å². The largest absolute Gasteiger partial charge is 0.467 e. The van der Waals surface area contributed by atoms with Crippen molar-refractivity contribution in [2.24, 2.45) is 0 Å². The number of aliphatic hydroxyl groups is 1. The molecule has 0 bridgehead atoms. The van der Waals surface area contributed by atoms with Crippen molar-refractivity contribution in [2.75, 3.05) is 19.0 Å². The van der Waals surface area contributed by atoms with Crippen LogP contribution in [0.5, 0.6) is 6.01 Å². The first-order valence-corrected chi connectivity index (χ1v) is 6.99. The Hall–Kier alpha value is -1.85. The normalized spacial score (nSPS) is 13.5. The van der Waals surface area contributed by atoms with Crippen LogP contribution in [0.2, 0.25) is 5.02 Å². The van der Waals surface area contributed by atoms with Gasteiger partial charge in [0, 0.05) is 6.54 Å². The average Bonchev–Trinajstić information content (AvgIpc) is 2.50. The minimum Gasteiger partial charge on any atom is -0.467 e. The topological polar surface area (TPSA) is 67.3 Å². The molecule has 0 radical (unpaired) electrons. The third kappa shape index (κ3) is 4.06. The predicted molar refractivity (Wildman–Crippen MR) is 82.7 cm³/mol. The van der Waals surface area contributed by atoms with E-state index < -0.39 is 5.60 Å². The SMILES string of the molecule is COc1ncc(Cl)c(NCCC(C)(O)c2ccccc2)n1. The molecule has 1 unspecified atom stereocenters. The van der Waals surface area contributed by atoms with Gasteiger partial charge in [0.05, 0.1) is 18.9 Å². The zero-order valence-corrected chi connectivity index (χ0v) is 12.8. The summed E-state index contributed by atoms with van der Waals surface area (Å²) in [6.45, 7) is 2.30. The smallest absolute Gasteiger partial charge is 0.318 e. The Kier molecular flexibility index (Phi) is 4.98. The highest BCUT2D eigenvalue weighted by Gasteiger charge is 2.22. The van der Waals surface area contributed by atoms with Gasteiger partial charge in [0.1, 0.15) is 5.02 Å². The Bertz CT molecular complexity index is 591. The monoisotopic (exact) mass is 307 g/mol. The first kappa shape index (κ1) is 15.5. The first-order valence-electron chi connectivity index (χ1n) is 6.61. The van der Waals surface area contributed by atoms with Crippen molar-refractivity contribution in [1.82, 2.24) is 9.97 Å². The molecule has 0 aliphatic rings. The summed E-state index contributed by atoms with van der Waals surface area (Å²) in [5.41, 5.74) is -0.0455. The maximum atomic E-state index is 10.5. The van der Waals surface area contributed by atoms with Gasteiger partial charge in [-0.1, -0.05) is 41.9 Å². The second-order valence-electron chi connectivity index (χ2n) is 4.87. The molecule has 0 aliphatic heterocycles. The van der Waals surface area contributed by atoms with Crippen molar-refractivity contribution < 1.29 is 9.84 Å². The standard InChI is InChI=1S/C15H18ClN3O2/c1-15(20,11-6-4-3-5-7-11)8-9-17-13-12(16)10-18-14(19-13)21-2/h3-7,10,20H,8-9H2,1-2H3,(H,17,18,19). The second kappa shape index (κ2) is 6.74. The Labute approximate surface area is 129 Å². The number of hydrogen-bond acceptors (Lipinski definition) is 5. The van der Waals surface area contributed by atoms with E-state index in [4.69, 9.17) is 16.3 Å². The van der Waals surface area contributed by atoms with E-state index >= 15 is 0 Å². The summed E-state index contributed by atoms with van der Waals surface area (Å²) < 4.78 is 4.96. The number of rotatable bonds is 6. The van der Waals surface area contributed by atoms with Crippen molar-refractivity contribution in [3.8, 4) is 6.01 Å². The highest BCUT2D eigenvalue weighted by Crippen LogP contribution is 2.25. The van der Waals surface area contributed by atoms with Crippen molar-refractivity contribution in [1.29, 1.82) is 0 Å². The molecule has 1 aromatic heterocycles. The number of ether oxygens (including phenoxy) is 1. The van der Waals surface area contributed by atoms with Crippen LogP contribution in [0, 0.1) is 0 Å². The molecule has 0 fully saturated rings. The fourth-order valence-corrected chi connectivity index (χ4v) is 2.10. The summed E-state index contributed by atoms with van der Waals surface area (Å²) in [5.74, 6) is 0.493. The summed E-state index contributed by atoms with van der Waals surface area (Å²) in [7, 11) is 1.49. The number of hydrogen-bond donors (Lipinski definition) is 2. The molecule has 2 N–H and O–H groups in total. The third-order valence-electron chi connectivity index (χ3n) is 3.20. The van der Waals surface area contributed by atoms with Crippen molar-refractivity contribution >= 4 is 17.4 Å². The minimum atomic E-state index is -0.919. The summed E-state index contributed by atoms with van der Waals surface area (Å²) in [5, 5.41) is 14.0. The lowest BCUT2D eigenvalue weighted by Gasteiger charge is -2.24. The molecule has 6 heteroatoms. The van der Waals surface area contributed by atoms with Gasteiger partial charge >= 0.3 is 6.01 Å². The molecule has 1 aromatic carbocycles. The van der Waals surface area contributed by atoms with Gasteiger partial charge in [0.2, 0.25) is 0 Å². The lowest BCUT2D eigenvalue weighted by atomic mass is 9.93. The van der Waals surface area contributed by atoms with E-state index in [9.17, 15) is 5.11 Å². The molecular formula is C15H18ClN3O2.